The second-order valence-electron chi connectivity index (χ2n) is 3.28. The average molecular weight is 166 g/mol. The molecule has 0 unspecified atom stereocenters. The van der Waals surface area contributed by atoms with Crippen molar-refractivity contribution < 1.29 is 10.2 Å². The van der Waals surface area contributed by atoms with Gasteiger partial charge in [0.25, 0.3) is 0 Å². The number of rotatable bonds is 2. The minimum atomic E-state index is -0.439. The maximum Gasteiger partial charge on any atom is 0.115 e. The molecule has 0 saturated carbocycles. The Bertz CT molecular complexity index is 239. The highest BCUT2D eigenvalue weighted by Gasteiger charge is 2.10. The molecule has 2 heteroatoms. The van der Waals surface area contributed by atoms with Crippen molar-refractivity contribution in [3.8, 4) is 5.75 Å². The standard InChI is InChI=1S/C10H14O2/c1-7(2)10(12)8-3-5-9(11)6-4-8/h3-7,10-12H,1-2H3/t10-/m1/s1. The number of aromatic hydroxyl groups is 1. The molecule has 0 bridgehead atoms. The van der Waals surface area contributed by atoms with Crippen molar-refractivity contribution in [2.45, 2.75) is 20.0 Å². The van der Waals surface area contributed by atoms with Crippen molar-refractivity contribution in [3.05, 3.63) is 29.8 Å². The molecular formula is C10H14O2. The maximum atomic E-state index is 9.61. The van der Waals surface area contributed by atoms with Gasteiger partial charge in [0, 0.05) is 0 Å². The van der Waals surface area contributed by atoms with E-state index in [1.807, 2.05) is 13.8 Å². The predicted octanol–water partition coefficient (Wildman–Crippen LogP) is 2.08. The molecule has 1 aromatic rings. The zero-order valence-corrected chi connectivity index (χ0v) is 7.36. The van der Waals surface area contributed by atoms with E-state index in [0.29, 0.717) is 0 Å². The lowest BCUT2D eigenvalue weighted by Gasteiger charge is -2.14. The summed E-state index contributed by atoms with van der Waals surface area (Å²) in [5.41, 5.74) is 0.850. The van der Waals surface area contributed by atoms with Gasteiger partial charge in [0.2, 0.25) is 0 Å². The van der Waals surface area contributed by atoms with Gasteiger partial charge < -0.3 is 10.2 Å². The molecule has 2 N–H and O–H groups in total. The first-order chi connectivity index (χ1) is 5.61. The van der Waals surface area contributed by atoms with Crippen molar-refractivity contribution in [3.63, 3.8) is 0 Å². The van der Waals surface area contributed by atoms with Gasteiger partial charge in [-0.25, -0.2) is 0 Å². The molecular weight excluding hydrogens is 152 g/mol. The summed E-state index contributed by atoms with van der Waals surface area (Å²) in [6, 6.07) is 6.64. The van der Waals surface area contributed by atoms with E-state index in [1.165, 1.54) is 0 Å². The van der Waals surface area contributed by atoms with Gasteiger partial charge in [0.1, 0.15) is 5.75 Å². The van der Waals surface area contributed by atoms with Crippen molar-refractivity contribution in [1.82, 2.24) is 0 Å². The fourth-order valence-electron chi connectivity index (χ4n) is 1.06. The highest BCUT2D eigenvalue weighted by atomic mass is 16.3. The number of aliphatic hydroxyl groups excluding tert-OH is 1. The van der Waals surface area contributed by atoms with Crippen LogP contribution in [0.1, 0.15) is 25.5 Å². The van der Waals surface area contributed by atoms with Gasteiger partial charge in [0.15, 0.2) is 0 Å². The number of hydrogen-bond acceptors (Lipinski definition) is 2. The molecule has 1 rings (SSSR count). The molecule has 2 nitrogen and oxygen atoms in total. The van der Waals surface area contributed by atoms with Gasteiger partial charge in [-0.05, 0) is 23.6 Å². The van der Waals surface area contributed by atoms with Gasteiger partial charge in [-0.15, -0.1) is 0 Å². The molecule has 0 aliphatic heterocycles. The van der Waals surface area contributed by atoms with E-state index in [0.717, 1.165) is 5.56 Å². The van der Waals surface area contributed by atoms with Crippen LogP contribution in [0.25, 0.3) is 0 Å². The Hall–Kier alpha value is -1.02. The van der Waals surface area contributed by atoms with Crippen molar-refractivity contribution >= 4 is 0 Å². The normalized spacial score (nSPS) is 13.3. The number of benzene rings is 1. The van der Waals surface area contributed by atoms with Crippen LogP contribution < -0.4 is 0 Å². The summed E-state index contributed by atoms with van der Waals surface area (Å²) >= 11 is 0. The minimum absolute atomic E-state index is 0.203. The molecule has 0 fully saturated rings. The Morgan fingerprint density at radius 2 is 1.58 bits per heavy atom. The lowest BCUT2D eigenvalue weighted by molar-refractivity contribution is 0.127. The molecule has 0 heterocycles. The van der Waals surface area contributed by atoms with E-state index in [4.69, 9.17) is 5.11 Å². The molecule has 0 radical (unpaired) electrons. The van der Waals surface area contributed by atoms with Crippen LogP contribution in [-0.4, -0.2) is 10.2 Å². The molecule has 0 aliphatic carbocycles. The Labute approximate surface area is 72.5 Å². The van der Waals surface area contributed by atoms with E-state index in [9.17, 15) is 5.11 Å². The molecule has 66 valence electrons. The van der Waals surface area contributed by atoms with Gasteiger partial charge >= 0.3 is 0 Å². The molecule has 0 aromatic heterocycles. The monoisotopic (exact) mass is 166 g/mol. The van der Waals surface area contributed by atoms with Gasteiger partial charge in [-0.2, -0.15) is 0 Å². The van der Waals surface area contributed by atoms with Crippen LogP contribution in [0, 0.1) is 5.92 Å². The van der Waals surface area contributed by atoms with Gasteiger partial charge in [0.05, 0.1) is 6.10 Å². The van der Waals surface area contributed by atoms with Crippen molar-refractivity contribution in [2.75, 3.05) is 0 Å². The fraction of sp³-hybridized carbons (Fsp3) is 0.400. The SMILES string of the molecule is CC(C)[C@@H](O)c1ccc(O)cc1. The summed E-state index contributed by atoms with van der Waals surface area (Å²) in [6.07, 6.45) is -0.439. The minimum Gasteiger partial charge on any atom is -0.508 e. The van der Waals surface area contributed by atoms with Crippen LogP contribution in [0.5, 0.6) is 5.75 Å². The molecule has 0 amide bonds. The van der Waals surface area contributed by atoms with Gasteiger partial charge in [-0.3, -0.25) is 0 Å². The lowest BCUT2D eigenvalue weighted by atomic mass is 9.99. The van der Waals surface area contributed by atoms with Crippen LogP contribution in [0.15, 0.2) is 24.3 Å². The van der Waals surface area contributed by atoms with Crippen molar-refractivity contribution in [1.29, 1.82) is 0 Å². The first kappa shape index (κ1) is 9.07. The summed E-state index contributed by atoms with van der Waals surface area (Å²) in [4.78, 5) is 0. The van der Waals surface area contributed by atoms with Gasteiger partial charge in [-0.1, -0.05) is 26.0 Å². The van der Waals surface area contributed by atoms with E-state index in [-0.39, 0.29) is 11.7 Å². The maximum absolute atomic E-state index is 9.61. The first-order valence-electron chi connectivity index (χ1n) is 4.08. The third-order valence-corrected chi connectivity index (χ3v) is 1.87. The van der Waals surface area contributed by atoms with Crippen LogP contribution >= 0.6 is 0 Å². The Morgan fingerprint density at radius 3 is 2.00 bits per heavy atom. The number of phenols is 1. The number of phenolic OH excluding ortho intramolecular Hbond substituents is 1. The molecule has 1 atom stereocenters. The number of hydrogen-bond donors (Lipinski definition) is 2. The third-order valence-electron chi connectivity index (χ3n) is 1.87. The molecule has 0 saturated heterocycles. The molecule has 0 aliphatic rings. The van der Waals surface area contributed by atoms with Crippen LogP contribution in [0.3, 0.4) is 0 Å². The Kier molecular flexibility index (Phi) is 2.71. The summed E-state index contributed by atoms with van der Waals surface area (Å²) in [6.45, 7) is 3.91. The second kappa shape index (κ2) is 3.59. The topological polar surface area (TPSA) is 40.5 Å². The third kappa shape index (κ3) is 1.98. The summed E-state index contributed by atoms with van der Waals surface area (Å²) in [7, 11) is 0. The van der Waals surface area contributed by atoms with E-state index in [1.54, 1.807) is 24.3 Å². The van der Waals surface area contributed by atoms with Crippen LogP contribution in [0.2, 0.25) is 0 Å². The Balaban J connectivity index is 2.82. The summed E-state index contributed by atoms with van der Waals surface area (Å²) < 4.78 is 0. The van der Waals surface area contributed by atoms with Crippen LogP contribution in [-0.2, 0) is 0 Å². The Morgan fingerprint density at radius 1 is 1.08 bits per heavy atom. The predicted molar refractivity (Wildman–Crippen MR) is 47.9 cm³/mol. The zero-order valence-electron chi connectivity index (χ0n) is 7.36. The second-order valence-corrected chi connectivity index (χ2v) is 3.28. The average Bonchev–Trinajstić information content (AvgIpc) is 2.04. The summed E-state index contributed by atoms with van der Waals surface area (Å²) in [5.74, 6) is 0.434. The van der Waals surface area contributed by atoms with Crippen LogP contribution in [0.4, 0.5) is 0 Å². The molecule has 0 spiro atoms. The van der Waals surface area contributed by atoms with E-state index in [2.05, 4.69) is 0 Å². The smallest absolute Gasteiger partial charge is 0.115 e. The van der Waals surface area contributed by atoms with Crippen molar-refractivity contribution in [2.24, 2.45) is 5.92 Å². The van der Waals surface area contributed by atoms with E-state index < -0.39 is 6.10 Å². The zero-order chi connectivity index (χ0) is 9.14. The molecule has 1 aromatic carbocycles. The highest BCUT2D eigenvalue weighted by molar-refractivity contribution is 5.27. The fourth-order valence-corrected chi connectivity index (χ4v) is 1.06. The summed E-state index contributed by atoms with van der Waals surface area (Å²) in [5, 5.41) is 18.6. The molecule has 12 heavy (non-hydrogen) atoms. The quantitative estimate of drug-likeness (QED) is 0.706. The first-order valence-corrected chi connectivity index (χ1v) is 4.08. The number of aliphatic hydroxyl groups is 1. The highest BCUT2D eigenvalue weighted by Crippen LogP contribution is 2.22. The lowest BCUT2D eigenvalue weighted by Crippen LogP contribution is -2.04. The van der Waals surface area contributed by atoms with E-state index >= 15 is 0 Å². The largest absolute Gasteiger partial charge is 0.508 e.